The van der Waals surface area contributed by atoms with Gasteiger partial charge in [0.2, 0.25) is 0 Å². The number of carbonyl (C=O) groups excluding carboxylic acids is 1. The van der Waals surface area contributed by atoms with E-state index in [1.165, 1.54) is 5.56 Å². The van der Waals surface area contributed by atoms with Crippen LogP contribution in [0.3, 0.4) is 0 Å². The summed E-state index contributed by atoms with van der Waals surface area (Å²) in [6.45, 7) is 11.3. The summed E-state index contributed by atoms with van der Waals surface area (Å²) >= 11 is 6.23. The summed E-state index contributed by atoms with van der Waals surface area (Å²) in [6.07, 6.45) is 0.871. The van der Waals surface area contributed by atoms with Gasteiger partial charge in [-0.15, -0.1) is 0 Å². The summed E-state index contributed by atoms with van der Waals surface area (Å²) < 4.78 is 2.16. The quantitative estimate of drug-likeness (QED) is 0.312. The predicted molar refractivity (Wildman–Crippen MR) is 137 cm³/mol. The fourth-order valence-electron chi connectivity index (χ4n) is 4.69. The minimum Gasteiger partial charge on any atom is -0.331 e. The molecular formula is C28H30ClN3O. The van der Waals surface area contributed by atoms with Crippen LogP contribution in [-0.2, 0) is 6.54 Å². The van der Waals surface area contributed by atoms with E-state index in [1.807, 2.05) is 62.1 Å². The van der Waals surface area contributed by atoms with Gasteiger partial charge in [-0.25, -0.2) is 4.98 Å². The van der Waals surface area contributed by atoms with Gasteiger partial charge in [-0.3, -0.25) is 9.36 Å². The molecule has 33 heavy (non-hydrogen) atoms. The molecule has 170 valence electrons. The number of hydrogen-bond acceptors (Lipinski definition) is 2. The SMILES string of the molecule is CCCN(Cc1nc2ccccc2n1-c1ccc(Cl)cc1C)C(=O)c1c(C)cc(C)cc1C. The molecule has 0 spiro atoms. The Morgan fingerprint density at radius 3 is 2.33 bits per heavy atom. The third-order valence-electron chi connectivity index (χ3n) is 6.03. The molecule has 1 heterocycles. The van der Waals surface area contributed by atoms with Gasteiger partial charge >= 0.3 is 0 Å². The fraction of sp³-hybridized carbons (Fsp3) is 0.286. The first kappa shape index (κ1) is 23.1. The van der Waals surface area contributed by atoms with Gasteiger partial charge in [0.05, 0.1) is 23.3 Å². The van der Waals surface area contributed by atoms with E-state index in [-0.39, 0.29) is 5.91 Å². The Morgan fingerprint density at radius 2 is 1.67 bits per heavy atom. The molecule has 0 radical (unpaired) electrons. The van der Waals surface area contributed by atoms with Gasteiger partial charge in [-0.1, -0.05) is 48.4 Å². The maximum Gasteiger partial charge on any atom is 0.254 e. The van der Waals surface area contributed by atoms with Crippen molar-refractivity contribution in [3.8, 4) is 5.69 Å². The molecule has 1 amide bonds. The lowest BCUT2D eigenvalue weighted by atomic mass is 9.98. The molecule has 0 fully saturated rings. The Bertz CT molecular complexity index is 1320. The summed E-state index contributed by atoms with van der Waals surface area (Å²) in [5, 5.41) is 0.704. The number of amides is 1. The molecular weight excluding hydrogens is 430 g/mol. The molecule has 0 aliphatic rings. The molecule has 0 saturated heterocycles. The van der Waals surface area contributed by atoms with Crippen LogP contribution in [0, 0.1) is 27.7 Å². The number of halogens is 1. The fourth-order valence-corrected chi connectivity index (χ4v) is 4.92. The number of rotatable bonds is 6. The first-order chi connectivity index (χ1) is 15.8. The highest BCUT2D eigenvalue weighted by molar-refractivity contribution is 6.30. The van der Waals surface area contributed by atoms with Crippen molar-refractivity contribution in [2.75, 3.05) is 6.54 Å². The van der Waals surface area contributed by atoms with Crippen molar-refractivity contribution in [1.82, 2.24) is 14.5 Å². The van der Waals surface area contributed by atoms with E-state index in [9.17, 15) is 4.79 Å². The monoisotopic (exact) mass is 459 g/mol. The number of aryl methyl sites for hydroxylation is 4. The topological polar surface area (TPSA) is 38.1 Å². The zero-order chi connectivity index (χ0) is 23.7. The van der Waals surface area contributed by atoms with Gasteiger partial charge < -0.3 is 4.90 Å². The van der Waals surface area contributed by atoms with Crippen LogP contribution in [-0.4, -0.2) is 26.9 Å². The summed E-state index contributed by atoms with van der Waals surface area (Å²) in [5.41, 5.74) is 8.00. The first-order valence-corrected chi connectivity index (χ1v) is 11.8. The molecule has 3 aromatic carbocycles. The van der Waals surface area contributed by atoms with E-state index in [4.69, 9.17) is 16.6 Å². The molecule has 0 atom stereocenters. The van der Waals surface area contributed by atoms with Crippen molar-refractivity contribution in [3.05, 3.63) is 93.3 Å². The zero-order valence-corrected chi connectivity index (χ0v) is 20.7. The van der Waals surface area contributed by atoms with E-state index in [0.29, 0.717) is 18.1 Å². The highest BCUT2D eigenvalue weighted by atomic mass is 35.5. The minimum atomic E-state index is 0.0540. The highest BCUT2D eigenvalue weighted by Gasteiger charge is 2.23. The van der Waals surface area contributed by atoms with Crippen molar-refractivity contribution in [2.24, 2.45) is 0 Å². The van der Waals surface area contributed by atoms with E-state index in [0.717, 1.165) is 51.2 Å². The highest BCUT2D eigenvalue weighted by Crippen LogP contribution is 2.27. The Labute approximate surface area is 200 Å². The third-order valence-corrected chi connectivity index (χ3v) is 6.27. The molecule has 0 bridgehead atoms. The minimum absolute atomic E-state index is 0.0540. The van der Waals surface area contributed by atoms with Crippen molar-refractivity contribution in [1.29, 1.82) is 0 Å². The maximum absolute atomic E-state index is 13.7. The predicted octanol–water partition coefficient (Wildman–Crippen LogP) is 6.96. The van der Waals surface area contributed by atoms with Crippen molar-refractivity contribution in [3.63, 3.8) is 0 Å². The van der Waals surface area contributed by atoms with E-state index < -0.39 is 0 Å². The maximum atomic E-state index is 13.7. The lowest BCUT2D eigenvalue weighted by Gasteiger charge is -2.25. The summed E-state index contributed by atoms with van der Waals surface area (Å²) in [5.74, 6) is 0.893. The zero-order valence-electron chi connectivity index (χ0n) is 19.9. The summed E-state index contributed by atoms with van der Waals surface area (Å²) in [7, 11) is 0. The third kappa shape index (κ3) is 4.53. The van der Waals surface area contributed by atoms with Crippen LogP contribution in [0.2, 0.25) is 5.02 Å². The second kappa shape index (κ2) is 9.40. The van der Waals surface area contributed by atoms with Gasteiger partial charge in [0, 0.05) is 17.1 Å². The average Bonchev–Trinajstić information content (AvgIpc) is 3.10. The van der Waals surface area contributed by atoms with Crippen molar-refractivity contribution in [2.45, 2.75) is 47.6 Å². The summed E-state index contributed by atoms with van der Waals surface area (Å²) in [6, 6.07) is 18.1. The van der Waals surface area contributed by atoms with Crippen LogP contribution in [0.4, 0.5) is 0 Å². The number of fused-ring (bicyclic) bond motifs is 1. The molecule has 1 aromatic heterocycles. The van der Waals surface area contributed by atoms with Crippen LogP contribution >= 0.6 is 11.6 Å². The normalized spacial score (nSPS) is 11.2. The Kier molecular flexibility index (Phi) is 6.57. The average molecular weight is 460 g/mol. The summed E-state index contributed by atoms with van der Waals surface area (Å²) in [4.78, 5) is 20.6. The Hall–Kier alpha value is -3.11. The molecule has 0 aliphatic heterocycles. The first-order valence-electron chi connectivity index (χ1n) is 11.4. The van der Waals surface area contributed by atoms with Gasteiger partial charge in [0.1, 0.15) is 5.82 Å². The lowest BCUT2D eigenvalue weighted by molar-refractivity contribution is 0.0737. The molecule has 0 N–H and O–H groups in total. The number of para-hydroxylation sites is 2. The molecule has 0 saturated carbocycles. The van der Waals surface area contributed by atoms with E-state index in [2.05, 4.69) is 36.6 Å². The Morgan fingerprint density at radius 1 is 0.970 bits per heavy atom. The van der Waals surface area contributed by atoms with Gasteiger partial charge in [0.25, 0.3) is 5.91 Å². The smallest absolute Gasteiger partial charge is 0.254 e. The van der Waals surface area contributed by atoms with Gasteiger partial charge in [-0.05, 0) is 81.1 Å². The van der Waals surface area contributed by atoms with Crippen molar-refractivity contribution < 1.29 is 4.79 Å². The number of carbonyl (C=O) groups is 1. The number of aromatic nitrogens is 2. The van der Waals surface area contributed by atoms with Crippen LogP contribution in [0.5, 0.6) is 0 Å². The molecule has 0 aliphatic carbocycles. The molecule has 0 unspecified atom stereocenters. The van der Waals surface area contributed by atoms with Gasteiger partial charge in [0.15, 0.2) is 0 Å². The van der Waals surface area contributed by atoms with Crippen LogP contribution in [0.25, 0.3) is 16.7 Å². The van der Waals surface area contributed by atoms with Crippen LogP contribution < -0.4 is 0 Å². The van der Waals surface area contributed by atoms with Crippen LogP contribution in [0.15, 0.2) is 54.6 Å². The number of imidazole rings is 1. The molecule has 4 rings (SSSR count). The second-order valence-electron chi connectivity index (χ2n) is 8.78. The lowest BCUT2D eigenvalue weighted by Crippen LogP contribution is -2.33. The molecule has 5 heteroatoms. The number of nitrogens with zero attached hydrogens (tertiary/aromatic N) is 3. The molecule has 4 nitrogen and oxygen atoms in total. The number of benzene rings is 3. The standard InChI is InChI=1S/C28H30ClN3O/c1-6-13-31(28(33)27-20(4)14-18(2)15-21(27)5)17-26-30-23-9-7-8-10-25(23)32(26)24-12-11-22(29)16-19(24)3/h7-12,14-16H,6,13,17H2,1-5H3. The van der Waals surface area contributed by atoms with Crippen molar-refractivity contribution >= 4 is 28.5 Å². The largest absolute Gasteiger partial charge is 0.331 e. The van der Waals surface area contributed by atoms with E-state index in [1.54, 1.807) is 0 Å². The van der Waals surface area contributed by atoms with Gasteiger partial charge in [-0.2, -0.15) is 0 Å². The second-order valence-corrected chi connectivity index (χ2v) is 9.22. The molecule has 4 aromatic rings. The Balaban J connectivity index is 1.82. The van der Waals surface area contributed by atoms with E-state index >= 15 is 0 Å². The number of hydrogen-bond donors (Lipinski definition) is 0. The van der Waals surface area contributed by atoms with Crippen LogP contribution in [0.1, 0.15) is 51.8 Å².